The van der Waals surface area contributed by atoms with Gasteiger partial charge in [-0.1, -0.05) is 13.8 Å². The van der Waals surface area contributed by atoms with E-state index in [9.17, 15) is 0 Å². The van der Waals surface area contributed by atoms with Crippen LogP contribution in [0.2, 0.25) is 0 Å². The number of rotatable bonds is 1. The van der Waals surface area contributed by atoms with Crippen molar-refractivity contribution in [3.63, 3.8) is 0 Å². The lowest BCUT2D eigenvalue weighted by atomic mass is 10.0. The summed E-state index contributed by atoms with van der Waals surface area (Å²) in [5.41, 5.74) is 7.56. The number of hydrogen-bond acceptors (Lipinski definition) is 2. The Kier molecular flexibility index (Phi) is 1.48. The summed E-state index contributed by atoms with van der Waals surface area (Å²) in [4.78, 5) is 3.99. The van der Waals surface area contributed by atoms with Crippen molar-refractivity contribution in [2.45, 2.75) is 25.8 Å². The summed E-state index contributed by atoms with van der Waals surface area (Å²) in [5.74, 6) is 0.528. The Morgan fingerprint density at radius 3 is 2.25 bits per heavy atom. The molecule has 2 rings (SSSR count). The zero-order chi connectivity index (χ0) is 8.77. The third-order valence-corrected chi connectivity index (χ3v) is 2.98. The molecule has 1 fully saturated rings. The normalized spacial score (nSPS) is 31.6. The maximum absolute atomic E-state index is 5.96. The molecule has 2 N–H and O–H groups in total. The van der Waals surface area contributed by atoms with Crippen LogP contribution in [0.15, 0.2) is 24.5 Å². The van der Waals surface area contributed by atoms with E-state index in [0.717, 1.165) is 0 Å². The van der Waals surface area contributed by atoms with Gasteiger partial charge in [-0.05, 0) is 23.1 Å². The smallest absolute Gasteiger partial charge is 0.0270 e. The van der Waals surface area contributed by atoms with Crippen LogP contribution in [-0.4, -0.2) is 11.0 Å². The van der Waals surface area contributed by atoms with E-state index < -0.39 is 0 Å². The molecule has 2 nitrogen and oxygen atoms in total. The number of nitrogens with zero attached hydrogens (tertiary/aromatic N) is 1. The van der Waals surface area contributed by atoms with Crippen molar-refractivity contribution in [2.75, 3.05) is 0 Å². The Morgan fingerprint density at radius 1 is 1.33 bits per heavy atom. The van der Waals surface area contributed by atoms with Crippen LogP contribution in [0.4, 0.5) is 0 Å². The Morgan fingerprint density at radius 2 is 1.83 bits per heavy atom. The van der Waals surface area contributed by atoms with Crippen molar-refractivity contribution in [1.82, 2.24) is 4.98 Å². The predicted octanol–water partition coefficient (Wildman–Crippen LogP) is 1.53. The maximum atomic E-state index is 5.96. The molecule has 0 bridgehead atoms. The van der Waals surface area contributed by atoms with Crippen molar-refractivity contribution < 1.29 is 0 Å². The molecule has 1 aliphatic carbocycles. The predicted molar refractivity (Wildman–Crippen MR) is 48.7 cm³/mol. The van der Waals surface area contributed by atoms with Crippen LogP contribution in [0, 0.1) is 5.41 Å². The van der Waals surface area contributed by atoms with Gasteiger partial charge in [0, 0.05) is 24.4 Å². The quantitative estimate of drug-likeness (QED) is 0.680. The van der Waals surface area contributed by atoms with Crippen molar-refractivity contribution in [1.29, 1.82) is 0 Å². The Balaban J connectivity index is 2.25. The fraction of sp³-hybridized carbons (Fsp3) is 0.500. The molecular weight excluding hydrogens is 148 g/mol. The first-order chi connectivity index (χ1) is 5.64. The third-order valence-electron chi connectivity index (χ3n) is 2.98. The monoisotopic (exact) mass is 162 g/mol. The van der Waals surface area contributed by atoms with Crippen LogP contribution in [-0.2, 0) is 0 Å². The van der Waals surface area contributed by atoms with Crippen molar-refractivity contribution in [3.8, 4) is 0 Å². The first-order valence-corrected chi connectivity index (χ1v) is 4.29. The summed E-state index contributed by atoms with van der Waals surface area (Å²) in [6.07, 6.45) is 3.66. The highest BCUT2D eigenvalue weighted by Crippen LogP contribution is 2.56. The van der Waals surface area contributed by atoms with E-state index >= 15 is 0 Å². The fourth-order valence-corrected chi connectivity index (χ4v) is 1.89. The molecule has 2 heteroatoms. The van der Waals surface area contributed by atoms with Crippen LogP contribution in [0.3, 0.4) is 0 Å². The second-order valence-electron chi connectivity index (χ2n) is 4.11. The van der Waals surface area contributed by atoms with E-state index in [4.69, 9.17) is 5.73 Å². The van der Waals surface area contributed by atoms with Gasteiger partial charge < -0.3 is 5.73 Å². The highest BCUT2D eigenvalue weighted by molar-refractivity contribution is 5.32. The average molecular weight is 162 g/mol. The lowest BCUT2D eigenvalue weighted by molar-refractivity contribution is 0.599. The zero-order valence-electron chi connectivity index (χ0n) is 7.49. The lowest BCUT2D eigenvalue weighted by Gasteiger charge is -2.00. The van der Waals surface area contributed by atoms with Crippen molar-refractivity contribution in [3.05, 3.63) is 30.1 Å². The van der Waals surface area contributed by atoms with E-state index in [1.807, 2.05) is 12.4 Å². The van der Waals surface area contributed by atoms with Gasteiger partial charge in [0.15, 0.2) is 0 Å². The minimum absolute atomic E-state index is 0.279. The lowest BCUT2D eigenvalue weighted by Crippen LogP contribution is -2.06. The second kappa shape index (κ2) is 2.30. The van der Waals surface area contributed by atoms with Crippen LogP contribution in [0.1, 0.15) is 25.3 Å². The van der Waals surface area contributed by atoms with Gasteiger partial charge in [0.1, 0.15) is 0 Å². The Labute approximate surface area is 72.8 Å². The van der Waals surface area contributed by atoms with Gasteiger partial charge in [0.05, 0.1) is 0 Å². The molecule has 1 aliphatic rings. The molecule has 12 heavy (non-hydrogen) atoms. The highest BCUT2D eigenvalue weighted by Gasteiger charge is 2.55. The first kappa shape index (κ1) is 7.74. The summed E-state index contributed by atoms with van der Waals surface area (Å²) in [6.45, 7) is 4.42. The molecule has 0 spiro atoms. The molecule has 2 atom stereocenters. The SMILES string of the molecule is CC1(C)[C@H](N)[C@H]1c1ccncc1. The molecule has 0 aliphatic heterocycles. The fourth-order valence-electron chi connectivity index (χ4n) is 1.89. The van der Waals surface area contributed by atoms with E-state index in [0.29, 0.717) is 12.0 Å². The molecule has 64 valence electrons. The third kappa shape index (κ3) is 0.950. The van der Waals surface area contributed by atoms with Gasteiger partial charge in [-0.15, -0.1) is 0 Å². The second-order valence-corrected chi connectivity index (χ2v) is 4.11. The Hall–Kier alpha value is -0.890. The first-order valence-electron chi connectivity index (χ1n) is 4.29. The molecule has 1 heterocycles. The van der Waals surface area contributed by atoms with E-state index in [-0.39, 0.29) is 5.41 Å². The molecule has 0 saturated heterocycles. The van der Waals surface area contributed by atoms with Crippen LogP contribution >= 0.6 is 0 Å². The van der Waals surface area contributed by atoms with Gasteiger partial charge in [0.2, 0.25) is 0 Å². The summed E-state index contributed by atoms with van der Waals surface area (Å²) >= 11 is 0. The molecule has 0 unspecified atom stereocenters. The molecule has 0 radical (unpaired) electrons. The molecule has 0 amide bonds. The van der Waals surface area contributed by atoms with Gasteiger partial charge in [0.25, 0.3) is 0 Å². The van der Waals surface area contributed by atoms with Crippen molar-refractivity contribution in [2.24, 2.45) is 11.1 Å². The van der Waals surface area contributed by atoms with Crippen LogP contribution in [0.5, 0.6) is 0 Å². The zero-order valence-corrected chi connectivity index (χ0v) is 7.49. The van der Waals surface area contributed by atoms with E-state index in [2.05, 4.69) is 31.0 Å². The number of nitrogens with two attached hydrogens (primary N) is 1. The van der Waals surface area contributed by atoms with E-state index in [1.54, 1.807) is 0 Å². The molecule has 1 aromatic rings. The van der Waals surface area contributed by atoms with Gasteiger partial charge in [-0.3, -0.25) is 4.98 Å². The van der Waals surface area contributed by atoms with E-state index in [1.165, 1.54) is 5.56 Å². The maximum Gasteiger partial charge on any atom is 0.0270 e. The summed E-state index contributed by atoms with van der Waals surface area (Å²) in [6, 6.07) is 4.43. The van der Waals surface area contributed by atoms with Gasteiger partial charge >= 0.3 is 0 Å². The standard InChI is InChI=1S/C10H14N2/c1-10(2)8(9(10)11)7-3-5-12-6-4-7/h3-6,8-9H,11H2,1-2H3/t8-,9-/m1/s1. The average Bonchev–Trinajstić information content (AvgIpc) is 2.53. The minimum atomic E-state index is 0.279. The topological polar surface area (TPSA) is 38.9 Å². The number of pyridine rings is 1. The van der Waals surface area contributed by atoms with Gasteiger partial charge in [-0.2, -0.15) is 0 Å². The number of aromatic nitrogens is 1. The summed E-state index contributed by atoms with van der Waals surface area (Å²) in [5, 5.41) is 0. The molecule has 0 aromatic carbocycles. The largest absolute Gasteiger partial charge is 0.327 e. The summed E-state index contributed by atoms with van der Waals surface area (Å²) < 4.78 is 0. The highest BCUT2D eigenvalue weighted by atomic mass is 14.8. The van der Waals surface area contributed by atoms with Crippen molar-refractivity contribution >= 4 is 0 Å². The minimum Gasteiger partial charge on any atom is -0.327 e. The molecular formula is C10H14N2. The summed E-state index contributed by atoms with van der Waals surface area (Å²) in [7, 11) is 0. The molecule has 1 aromatic heterocycles. The van der Waals surface area contributed by atoms with Gasteiger partial charge in [-0.25, -0.2) is 0 Å². The van der Waals surface area contributed by atoms with Crippen LogP contribution in [0.25, 0.3) is 0 Å². The molecule has 1 saturated carbocycles. The Bertz CT molecular complexity index is 279. The van der Waals surface area contributed by atoms with Crippen LogP contribution < -0.4 is 5.73 Å². The number of hydrogen-bond donors (Lipinski definition) is 1.